The Kier molecular flexibility index (Phi) is 27.7. The summed E-state index contributed by atoms with van der Waals surface area (Å²) in [5, 5.41) is 20.4. The van der Waals surface area contributed by atoms with Crippen molar-refractivity contribution in [1.82, 2.24) is 16.0 Å². The lowest BCUT2D eigenvalue weighted by Crippen LogP contribution is -2.29. The van der Waals surface area contributed by atoms with Crippen LogP contribution in [0.5, 0.6) is 0 Å². The first-order chi connectivity index (χ1) is 15.3. The second-order valence-corrected chi connectivity index (χ2v) is 9.24. The van der Waals surface area contributed by atoms with E-state index in [9.17, 15) is 5.11 Å². The molecule has 188 valence electrons. The highest BCUT2D eigenvalue weighted by molar-refractivity contribution is 4.61. The van der Waals surface area contributed by atoms with E-state index in [-0.39, 0.29) is 6.10 Å². The van der Waals surface area contributed by atoms with Crippen LogP contribution >= 0.6 is 0 Å². The van der Waals surface area contributed by atoms with Gasteiger partial charge in [-0.15, -0.1) is 0 Å². The molecule has 1 unspecified atom stereocenters. The van der Waals surface area contributed by atoms with Crippen LogP contribution in [-0.4, -0.2) is 57.0 Å². The van der Waals surface area contributed by atoms with Crippen molar-refractivity contribution >= 4 is 0 Å². The maximum atomic E-state index is 10.1. The fraction of sp³-hybridized carbons (Fsp3) is 1.00. The topological polar surface area (TPSA) is 82.3 Å². The lowest BCUT2D eigenvalue weighted by molar-refractivity contribution is 0.158. The van der Waals surface area contributed by atoms with E-state index >= 15 is 0 Å². The minimum atomic E-state index is -0.178. The molecule has 0 heterocycles. The second kappa shape index (κ2) is 27.8. The summed E-state index contributed by atoms with van der Waals surface area (Å²) in [7, 11) is 0. The Bertz CT molecular complexity index is 318. The van der Waals surface area contributed by atoms with E-state index < -0.39 is 0 Å². The summed E-state index contributed by atoms with van der Waals surface area (Å²) in [6, 6.07) is 0. The molecule has 0 spiro atoms. The molecule has 0 aromatic rings. The van der Waals surface area contributed by atoms with Gasteiger partial charge in [0.25, 0.3) is 0 Å². The monoisotopic (exact) mass is 442 g/mol. The average Bonchev–Trinajstić information content (AvgIpc) is 2.77. The molecule has 0 amide bonds. The van der Waals surface area contributed by atoms with Crippen LogP contribution in [0.15, 0.2) is 0 Å². The highest BCUT2D eigenvalue weighted by Crippen LogP contribution is 2.12. The number of aliphatic hydroxyl groups is 1. The molecular weight excluding hydrogens is 384 g/mol. The molecule has 0 saturated heterocycles. The number of nitrogens with one attached hydrogen (secondary N) is 3. The van der Waals surface area contributed by atoms with Crippen LogP contribution in [0.25, 0.3) is 0 Å². The van der Waals surface area contributed by atoms with Crippen molar-refractivity contribution in [1.29, 1.82) is 0 Å². The van der Waals surface area contributed by atoms with Crippen molar-refractivity contribution in [3.63, 3.8) is 0 Å². The fourth-order valence-electron chi connectivity index (χ4n) is 3.91. The van der Waals surface area contributed by atoms with E-state index in [4.69, 9.17) is 5.73 Å². The van der Waals surface area contributed by atoms with Gasteiger partial charge >= 0.3 is 0 Å². The van der Waals surface area contributed by atoms with Crippen molar-refractivity contribution < 1.29 is 5.11 Å². The van der Waals surface area contributed by atoms with Crippen molar-refractivity contribution in [3.05, 3.63) is 0 Å². The summed E-state index contributed by atoms with van der Waals surface area (Å²) in [5.74, 6) is 0. The first-order valence-corrected chi connectivity index (χ1v) is 13.8. The standard InChI is InChI=1S/C26H58N4O/c1-2-3-4-5-6-7-8-9-10-11-12-13-18-26(31)25-30-24-17-23-29-21-15-14-20-28-22-16-19-27/h26,28-31H,2-25,27H2,1H3. The van der Waals surface area contributed by atoms with E-state index in [2.05, 4.69) is 22.9 Å². The molecule has 0 bridgehead atoms. The normalized spacial score (nSPS) is 12.5. The minimum absolute atomic E-state index is 0.178. The first-order valence-electron chi connectivity index (χ1n) is 13.8. The number of aliphatic hydroxyl groups excluding tert-OH is 1. The molecule has 5 heteroatoms. The number of hydrogen-bond acceptors (Lipinski definition) is 5. The Morgan fingerprint density at radius 1 is 0.548 bits per heavy atom. The summed E-state index contributed by atoms with van der Waals surface area (Å²) < 4.78 is 0. The van der Waals surface area contributed by atoms with Crippen LogP contribution in [0.4, 0.5) is 0 Å². The van der Waals surface area contributed by atoms with Crippen LogP contribution in [-0.2, 0) is 0 Å². The average molecular weight is 443 g/mol. The third-order valence-electron chi connectivity index (χ3n) is 5.99. The van der Waals surface area contributed by atoms with Gasteiger partial charge in [0.1, 0.15) is 0 Å². The molecule has 0 aliphatic rings. The maximum absolute atomic E-state index is 10.1. The second-order valence-electron chi connectivity index (χ2n) is 9.24. The van der Waals surface area contributed by atoms with Gasteiger partial charge in [-0.25, -0.2) is 0 Å². The highest BCUT2D eigenvalue weighted by Gasteiger charge is 2.03. The SMILES string of the molecule is CCCCCCCCCCCCCCC(O)CNCCCNCCCCNCCCN. The lowest BCUT2D eigenvalue weighted by Gasteiger charge is -2.12. The molecular formula is C26H58N4O. The number of hydrogen-bond donors (Lipinski definition) is 5. The summed E-state index contributed by atoms with van der Waals surface area (Å²) in [5.41, 5.74) is 5.47. The van der Waals surface area contributed by atoms with E-state index in [0.717, 1.165) is 65.1 Å². The molecule has 0 saturated carbocycles. The van der Waals surface area contributed by atoms with Gasteiger partial charge in [0.2, 0.25) is 0 Å². The molecule has 0 aliphatic heterocycles. The van der Waals surface area contributed by atoms with Gasteiger partial charge in [0, 0.05) is 6.54 Å². The van der Waals surface area contributed by atoms with E-state index in [1.54, 1.807) is 0 Å². The van der Waals surface area contributed by atoms with Gasteiger partial charge in [-0.05, 0) is 71.4 Å². The van der Waals surface area contributed by atoms with Gasteiger partial charge in [-0.1, -0.05) is 84.0 Å². The van der Waals surface area contributed by atoms with Crippen molar-refractivity contribution in [2.45, 2.75) is 122 Å². The zero-order valence-electron chi connectivity index (χ0n) is 21.1. The molecule has 5 nitrogen and oxygen atoms in total. The van der Waals surface area contributed by atoms with E-state index in [0.29, 0.717) is 0 Å². The molecule has 0 aliphatic carbocycles. The van der Waals surface area contributed by atoms with E-state index in [1.165, 1.54) is 89.9 Å². The van der Waals surface area contributed by atoms with Crippen molar-refractivity contribution in [2.24, 2.45) is 5.73 Å². The zero-order valence-corrected chi connectivity index (χ0v) is 21.1. The van der Waals surface area contributed by atoms with E-state index in [1.807, 2.05) is 0 Å². The summed E-state index contributed by atoms with van der Waals surface area (Å²) >= 11 is 0. The highest BCUT2D eigenvalue weighted by atomic mass is 16.3. The van der Waals surface area contributed by atoms with Gasteiger partial charge in [-0.3, -0.25) is 0 Å². The Labute approximate surface area is 195 Å². The van der Waals surface area contributed by atoms with Gasteiger partial charge in [-0.2, -0.15) is 0 Å². The zero-order chi connectivity index (χ0) is 22.7. The Hall–Kier alpha value is -0.200. The predicted octanol–water partition coefficient (Wildman–Crippen LogP) is 4.73. The van der Waals surface area contributed by atoms with Gasteiger partial charge in [0.05, 0.1) is 6.10 Å². The quantitative estimate of drug-likeness (QED) is 0.119. The Balaban J connectivity index is 3.13. The molecule has 0 fully saturated rings. The molecule has 31 heavy (non-hydrogen) atoms. The molecule has 6 N–H and O–H groups in total. The lowest BCUT2D eigenvalue weighted by atomic mass is 10.0. The van der Waals surface area contributed by atoms with Gasteiger partial charge in [0.15, 0.2) is 0 Å². The smallest absolute Gasteiger partial charge is 0.0664 e. The molecule has 0 aromatic heterocycles. The summed E-state index contributed by atoms with van der Waals surface area (Å²) in [4.78, 5) is 0. The Morgan fingerprint density at radius 3 is 1.55 bits per heavy atom. The molecule has 0 rings (SSSR count). The maximum Gasteiger partial charge on any atom is 0.0664 e. The minimum Gasteiger partial charge on any atom is -0.392 e. The summed E-state index contributed by atoms with van der Waals surface area (Å²) in [6.07, 6.45) is 21.9. The Morgan fingerprint density at radius 2 is 1.00 bits per heavy atom. The number of nitrogens with two attached hydrogens (primary N) is 1. The fourth-order valence-corrected chi connectivity index (χ4v) is 3.91. The van der Waals surface area contributed by atoms with Gasteiger partial charge < -0.3 is 26.8 Å². The number of rotatable bonds is 27. The van der Waals surface area contributed by atoms with Crippen LogP contribution in [0.1, 0.15) is 116 Å². The molecule has 1 atom stereocenters. The van der Waals surface area contributed by atoms with Crippen LogP contribution in [0.2, 0.25) is 0 Å². The molecule has 0 aromatic carbocycles. The third-order valence-corrected chi connectivity index (χ3v) is 5.99. The van der Waals surface area contributed by atoms with Crippen LogP contribution < -0.4 is 21.7 Å². The molecule has 0 radical (unpaired) electrons. The van der Waals surface area contributed by atoms with Crippen LogP contribution in [0.3, 0.4) is 0 Å². The largest absolute Gasteiger partial charge is 0.392 e. The van der Waals surface area contributed by atoms with Crippen LogP contribution in [0, 0.1) is 0 Å². The van der Waals surface area contributed by atoms with Crippen molar-refractivity contribution in [2.75, 3.05) is 45.8 Å². The first kappa shape index (κ1) is 30.8. The predicted molar refractivity (Wildman–Crippen MR) is 138 cm³/mol. The van der Waals surface area contributed by atoms with Crippen molar-refractivity contribution in [3.8, 4) is 0 Å². The third kappa shape index (κ3) is 27.8. The number of unbranched alkanes of at least 4 members (excludes halogenated alkanes) is 12. The summed E-state index contributed by atoms with van der Waals surface area (Å²) in [6.45, 7) is 9.09.